The third-order valence-corrected chi connectivity index (χ3v) is 4.45. The van der Waals surface area contributed by atoms with Crippen LogP contribution in [0.5, 0.6) is 0 Å². The molecular weight excluding hydrogens is 418 g/mol. The van der Waals surface area contributed by atoms with Crippen molar-refractivity contribution in [1.29, 1.82) is 0 Å². The number of halogens is 2. The Kier molecular flexibility index (Phi) is 5.98. The molecule has 2 aromatic rings. The Labute approximate surface area is 145 Å². The molecule has 1 aromatic carbocycles. The minimum atomic E-state index is -1.03. The molecule has 0 fully saturated rings. The van der Waals surface area contributed by atoms with Gasteiger partial charge in [-0.05, 0) is 59.2 Å². The van der Waals surface area contributed by atoms with Gasteiger partial charge in [0.25, 0.3) is 0 Å². The van der Waals surface area contributed by atoms with Gasteiger partial charge in [0.15, 0.2) is 0 Å². The molecule has 3 N–H and O–H groups in total. The average molecular weight is 432 g/mol. The molecule has 0 bridgehead atoms. The summed E-state index contributed by atoms with van der Waals surface area (Å²) in [6.07, 6.45) is 0.414. The van der Waals surface area contributed by atoms with E-state index in [9.17, 15) is 9.50 Å². The lowest BCUT2D eigenvalue weighted by molar-refractivity contribution is 0.250. The summed E-state index contributed by atoms with van der Waals surface area (Å²) < 4.78 is 18.3. The lowest BCUT2D eigenvalue weighted by atomic mass is 10.0. The van der Waals surface area contributed by atoms with E-state index in [2.05, 4.69) is 14.5 Å². The molecule has 0 aliphatic rings. The maximum atomic E-state index is 13.2. The van der Waals surface area contributed by atoms with Crippen molar-refractivity contribution in [2.45, 2.75) is 13.0 Å². The van der Waals surface area contributed by atoms with E-state index in [0.29, 0.717) is 21.4 Å². The molecule has 8 heteroatoms. The lowest BCUT2D eigenvalue weighted by Gasteiger charge is -2.11. The highest BCUT2D eigenvalue weighted by atomic mass is 127. The Morgan fingerprint density at radius 3 is 3.00 bits per heavy atom. The Balaban J connectivity index is 2.43. The maximum Gasteiger partial charge on any atom is 0.127 e. The van der Waals surface area contributed by atoms with Gasteiger partial charge in [-0.2, -0.15) is 9.47 Å². The molecule has 0 aliphatic carbocycles. The van der Waals surface area contributed by atoms with Crippen LogP contribution in [0.25, 0.3) is 11.3 Å². The van der Waals surface area contributed by atoms with E-state index in [0.717, 1.165) is 5.56 Å². The molecule has 5 nitrogen and oxygen atoms in total. The molecule has 0 saturated heterocycles. The van der Waals surface area contributed by atoms with E-state index in [4.69, 9.17) is 5.84 Å². The summed E-state index contributed by atoms with van der Waals surface area (Å²) in [5.41, 5.74) is 2.16. The summed E-state index contributed by atoms with van der Waals surface area (Å²) in [4.78, 5) is 4.04. The Morgan fingerprint density at radius 2 is 2.36 bits per heavy atom. The fraction of sp³-hybridized carbons (Fsp3) is 0.214. The second-order valence-electron chi connectivity index (χ2n) is 4.33. The molecule has 1 heterocycles. The summed E-state index contributed by atoms with van der Waals surface area (Å²) in [5.74, 6) is 5.01. The van der Waals surface area contributed by atoms with Gasteiger partial charge in [-0.25, -0.2) is 4.39 Å². The van der Waals surface area contributed by atoms with Crippen molar-refractivity contribution in [2.75, 3.05) is 6.54 Å². The van der Waals surface area contributed by atoms with Crippen molar-refractivity contribution < 1.29 is 9.50 Å². The van der Waals surface area contributed by atoms with Crippen molar-refractivity contribution in [3.63, 3.8) is 0 Å². The SMILES string of the molecule is CCN=CC(=NN)C(O)c1csnc1-c1ccc(F)cc1I. The van der Waals surface area contributed by atoms with E-state index in [1.165, 1.54) is 29.9 Å². The molecule has 0 spiro atoms. The first kappa shape index (κ1) is 17.0. The Hall–Kier alpha value is -1.39. The number of rotatable bonds is 5. The number of benzene rings is 1. The van der Waals surface area contributed by atoms with Crippen LogP contribution in [-0.2, 0) is 0 Å². The zero-order valence-corrected chi connectivity index (χ0v) is 14.7. The highest BCUT2D eigenvalue weighted by Gasteiger charge is 2.22. The first-order valence-electron chi connectivity index (χ1n) is 6.43. The van der Waals surface area contributed by atoms with E-state index >= 15 is 0 Å². The third kappa shape index (κ3) is 3.68. The second kappa shape index (κ2) is 7.75. The predicted octanol–water partition coefficient (Wildman–Crippen LogP) is 2.99. The molecular formula is C14H14FIN4OS. The topological polar surface area (TPSA) is 83.9 Å². The monoisotopic (exact) mass is 432 g/mol. The maximum absolute atomic E-state index is 13.2. The van der Waals surface area contributed by atoms with Gasteiger partial charge in [0.05, 0.1) is 5.69 Å². The summed E-state index contributed by atoms with van der Waals surface area (Å²) in [6, 6.07) is 4.42. The number of nitrogens with zero attached hydrogens (tertiary/aromatic N) is 3. The highest BCUT2D eigenvalue weighted by molar-refractivity contribution is 14.1. The van der Waals surface area contributed by atoms with Crippen molar-refractivity contribution in [3.05, 3.63) is 38.5 Å². The first-order chi connectivity index (χ1) is 10.6. The zero-order chi connectivity index (χ0) is 16.1. The number of aliphatic hydroxyl groups excluding tert-OH is 1. The fourth-order valence-electron chi connectivity index (χ4n) is 1.84. The molecule has 0 aliphatic heterocycles. The zero-order valence-electron chi connectivity index (χ0n) is 11.7. The van der Waals surface area contributed by atoms with Crippen LogP contribution < -0.4 is 5.84 Å². The minimum Gasteiger partial charge on any atom is -0.382 e. The molecule has 22 heavy (non-hydrogen) atoms. The molecule has 2 rings (SSSR count). The average Bonchev–Trinajstić information content (AvgIpc) is 2.97. The van der Waals surface area contributed by atoms with Crippen LogP contribution in [0, 0.1) is 9.39 Å². The first-order valence-corrected chi connectivity index (χ1v) is 8.35. The molecule has 1 atom stereocenters. The van der Waals surface area contributed by atoms with Crippen LogP contribution in [0.2, 0.25) is 0 Å². The van der Waals surface area contributed by atoms with Crippen molar-refractivity contribution in [2.24, 2.45) is 15.9 Å². The van der Waals surface area contributed by atoms with E-state index < -0.39 is 6.10 Å². The summed E-state index contributed by atoms with van der Waals surface area (Å²) in [6.45, 7) is 2.44. The van der Waals surface area contributed by atoms with Crippen molar-refractivity contribution in [1.82, 2.24) is 4.37 Å². The predicted molar refractivity (Wildman–Crippen MR) is 95.8 cm³/mol. The quantitative estimate of drug-likeness (QED) is 0.330. The van der Waals surface area contributed by atoms with E-state index in [1.807, 2.05) is 29.5 Å². The van der Waals surface area contributed by atoms with Gasteiger partial charge in [0.1, 0.15) is 17.6 Å². The largest absolute Gasteiger partial charge is 0.382 e. The number of aliphatic imine (C=N–C) groups is 1. The van der Waals surface area contributed by atoms with Gasteiger partial charge in [-0.15, -0.1) is 0 Å². The van der Waals surface area contributed by atoms with Gasteiger partial charge in [-0.1, -0.05) is 0 Å². The van der Waals surface area contributed by atoms with Gasteiger partial charge in [-0.3, -0.25) is 4.99 Å². The molecule has 0 amide bonds. The number of hydrazone groups is 1. The van der Waals surface area contributed by atoms with Crippen LogP contribution in [0.1, 0.15) is 18.6 Å². The number of hydrogen-bond acceptors (Lipinski definition) is 6. The molecule has 1 unspecified atom stereocenters. The molecule has 1 aromatic heterocycles. The van der Waals surface area contributed by atoms with Crippen LogP contribution in [-0.4, -0.2) is 28.0 Å². The number of nitrogens with two attached hydrogens (primary N) is 1. The third-order valence-electron chi connectivity index (χ3n) is 2.91. The van der Waals surface area contributed by atoms with Crippen LogP contribution in [0.15, 0.2) is 33.7 Å². The number of aromatic nitrogens is 1. The number of hydrogen-bond donors (Lipinski definition) is 2. The smallest absolute Gasteiger partial charge is 0.127 e. The van der Waals surface area contributed by atoms with E-state index in [-0.39, 0.29) is 11.5 Å². The van der Waals surface area contributed by atoms with Crippen molar-refractivity contribution >= 4 is 46.0 Å². The fourth-order valence-corrected chi connectivity index (χ4v) is 3.29. The van der Waals surface area contributed by atoms with Gasteiger partial charge in [0, 0.05) is 32.8 Å². The normalized spacial score (nSPS) is 13.7. The van der Waals surface area contributed by atoms with Crippen LogP contribution >= 0.6 is 34.1 Å². The van der Waals surface area contributed by atoms with Gasteiger partial charge < -0.3 is 10.9 Å². The molecule has 0 saturated carbocycles. The van der Waals surface area contributed by atoms with E-state index in [1.54, 1.807) is 11.4 Å². The lowest BCUT2D eigenvalue weighted by Crippen LogP contribution is -2.16. The van der Waals surface area contributed by atoms with Crippen LogP contribution in [0.4, 0.5) is 4.39 Å². The summed E-state index contributed by atoms with van der Waals surface area (Å²) >= 11 is 3.24. The second-order valence-corrected chi connectivity index (χ2v) is 6.12. The molecule has 116 valence electrons. The standard InChI is InChI=1S/C14H14FIN4OS/c1-2-18-6-12(19-17)14(21)10-7-22-20-13(10)9-4-3-8(15)5-11(9)16/h3-7,14,21H,2,17H2,1H3. The molecule has 0 radical (unpaired) electrons. The number of aliphatic hydroxyl groups is 1. The van der Waals surface area contributed by atoms with Gasteiger partial charge >= 0.3 is 0 Å². The summed E-state index contributed by atoms with van der Waals surface area (Å²) in [5, 5.41) is 15.8. The van der Waals surface area contributed by atoms with Crippen LogP contribution in [0.3, 0.4) is 0 Å². The minimum absolute atomic E-state index is 0.250. The van der Waals surface area contributed by atoms with Gasteiger partial charge in [0.2, 0.25) is 0 Å². The Morgan fingerprint density at radius 1 is 1.59 bits per heavy atom. The summed E-state index contributed by atoms with van der Waals surface area (Å²) in [7, 11) is 0. The van der Waals surface area contributed by atoms with Crippen molar-refractivity contribution in [3.8, 4) is 11.3 Å². The Bertz CT molecular complexity index is 717. The highest BCUT2D eigenvalue weighted by Crippen LogP contribution is 2.32.